The van der Waals surface area contributed by atoms with Crippen LogP contribution in [0, 0.1) is 0 Å². The fourth-order valence-electron chi connectivity index (χ4n) is 1.99. The molecular weight excluding hydrogens is 274 g/mol. The van der Waals surface area contributed by atoms with Crippen LogP contribution in [-0.2, 0) is 0 Å². The number of carbonyl (C=O) groups is 2. The molecule has 0 saturated carbocycles. The molecule has 0 radical (unpaired) electrons. The fraction of sp³-hybridized carbons (Fsp3) is 0.143. The number of benzene rings is 2. The first-order valence-corrected chi connectivity index (χ1v) is 5.96. The number of hydrazine groups is 1. The van der Waals surface area contributed by atoms with Crippen molar-refractivity contribution in [3.63, 3.8) is 0 Å². The molecule has 0 amide bonds. The van der Waals surface area contributed by atoms with Crippen LogP contribution in [0.25, 0.3) is 10.8 Å². The Morgan fingerprint density at radius 3 is 2.05 bits per heavy atom. The maximum atomic E-state index is 11.3. The number of nitrogens with zero attached hydrogens (tertiary/aromatic N) is 1. The predicted octanol–water partition coefficient (Wildman–Crippen LogP) is 1.12. The number of fused-ring (bicyclic) bond motifs is 1. The minimum Gasteiger partial charge on any atom is -0.478 e. The van der Waals surface area contributed by atoms with E-state index in [0.29, 0.717) is 10.8 Å². The van der Waals surface area contributed by atoms with Crippen LogP contribution in [0.1, 0.15) is 20.7 Å². The number of rotatable bonds is 3. The molecule has 0 heterocycles. The summed E-state index contributed by atoms with van der Waals surface area (Å²) < 4.78 is 0. The van der Waals surface area contributed by atoms with E-state index in [0.717, 1.165) is 5.69 Å². The summed E-state index contributed by atoms with van der Waals surface area (Å²) in [6.07, 6.45) is 0. The monoisotopic (exact) mass is 291 g/mol. The first-order chi connectivity index (χ1) is 9.91. The summed E-state index contributed by atoms with van der Waals surface area (Å²) in [5.41, 5.74) is 0.446. The normalized spacial score (nSPS) is 9.71. The Balaban J connectivity index is 0.00000106. The van der Waals surface area contributed by atoms with Gasteiger partial charge in [0, 0.05) is 19.8 Å². The number of hydrogen-bond donors (Lipinski definition) is 4. The quantitative estimate of drug-likeness (QED) is 0.492. The average molecular weight is 291 g/mol. The zero-order valence-electron chi connectivity index (χ0n) is 11.7. The van der Waals surface area contributed by atoms with Crippen LogP contribution in [0.5, 0.6) is 0 Å². The maximum Gasteiger partial charge on any atom is 0.337 e. The van der Waals surface area contributed by atoms with E-state index < -0.39 is 11.9 Å². The molecular formula is C14H17N3O4. The summed E-state index contributed by atoms with van der Waals surface area (Å²) in [7, 11) is 3.67. The second-order valence-corrected chi connectivity index (χ2v) is 4.40. The molecule has 2 aromatic carbocycles. The first kappa shape index (κ1) is 16.4. The summed E-state index contributed by atoms with van der Waals surface area (Å²) in [6.45, 7) is 0. The highest BCUT2D eigenvalue weighted by Crippen LogP contribution is 2.27. The highest BCUT2D eigenvalue weighted by molar-refractivity contribution is 6.12. The van der Waals surface area contributed by atoms with Crippen molar-refractivity contribution in [2.45, 2.75) is 0 Å². The van der Waals surface area contributed by atoms with Gasteiger partial charge in [0.25, 0.3) is 0 Å². The molecule has 0 aliphatic carbocycles. The lowest BCUT2D eigenvalue weighted by Gasteiger charge is -2.14. The molecule has 112 valence electrons. The smallest absolute Gasteiger partial charge is 0.337 e. The first-order valence-electron chi connectivity index (χ1n) is 5.96. The van der Waals surface area contributed by atoms with E-state index in [1.165, 1.54) is 6.07 Å². The number of anilines is 1. The van der Waals surface area contributed by atoms with E-state index in [-0.39, 0.29) is 11.1 Å². The second-order valence-electron chi connectivity index (χ2n) is 4.40. The summed E-state index contributed by atoms with van der Waals surface area (Å²) >= 11 is 0. The molecule has 0 spiro atoms. The number of hydrogen-bond acceptors (Lipinski definition) is 5. The predicted molar refractivity (Wildman–Crippen MR) is 80.6 cm³/mol. The summed E-state index contributed by atoms with van der Waals surface area (Å²) in [4.78, 5) is 24.3. The molecule has 0 bridgehead atoms. The Hall–Kier alpha value is -2.64. The van der Waals surface area contributed by atoms with Gasteiger partial charge in [-0.3, -0.25) is 11.7 Å². The van der Waals surface area contributed by atoms with Gasteiger partial charge in [-0.15, -0.1) is 0 Å². The zero-order valence-corrected chi connectivity index (χ0v) is 11.7. The van der Waals surface area contributed by atoms with Crippen molar-refractivity contribution in [2.24, 2.45) is 11.7 Å². The van der Waals surface area contributed by atoms with E-state index in [2.05, 4.69) is 11.7 Å². The minimum absolute atomic E-state index is 0.172. The fourth-order valence-corrected chi connectivity index (χ4v) is 1.99. The molecule has 2 rings (SSSR count). The van der Waals surface area contributed by atoms with Crippen molar-refractivity contribution in [1.82, 2.24) is 0 Å². The topological polar surface area (TPSA) is 130 Å². The standard InChI is InChI=1S/C14H13NO4.H4N2/c1-15(2)9-5-3-8-4-6-10(13(16)17)12(14(18)19)11(8)7-9;1-2/h3-7H,1-2H3,(H,16,17)(H,18,19);1-2H2. The Morgan fingerprint density at radius 2 is 1.57 bits per heavy atom. The lowest BCUT2D eigenvalue weighted by atomic mass is 9.98. The van der Waals surface area contributed by atoms with Crippen LogP contribution < -0.4 is 16.6 Å². The third kappa shape index (κ3) is 3.28. The summed E-state index contributed by atoms with van der Waals surface area (Å²) in [5.74, 6) is 5.52. The van der Waals surface area contributed by atoms with Gasteiger partial charge in [0.05, 0.1) is 11.1 Å². The van der Waals surface area contributed by atoms with Gasteiger partial charge in [0.15, 0.2) is 0 Å². The van der Waals surface area contributed by atoms with E-state index in [1.807, 2.05) is 25.1 Å². The van der Waals surface area contributed by atoms with Crippen LogP contribution in [0.3, 0.4) is 0 Å². The number of carboxylic acid groups (broad SMARTS) is 2. The highest BCUT2D eigenvalue weighted by atomic mass is 16.4. The van der Waals surface area contributed by atoms with Crippen molar-refractivity contribution in [2.75, 3.05) is 19.0 Å². The average Bonchev–Trinajstić information content (AvgIpc) is 2.46. The molecule has 2 aromatic rings. The SMILES string of the molecule is CN(C)c1ccc2ccc(C(=O)O)c(C(=O)O)c2c1.NN. The molecule has 0 aliphatic rings. The van der Waals surface area contributed by atoms with Crippen molar-refractivity contribution in [1.29, 1.82) is 0 Å². The Bertz CT molecular complexity index is 683. The minimum atomic E-state index is -1.24. The molecule has 0 aliphatic heterocycles. The van der Waals surface area contributed by atoms with Crippen LogP contribution in [0.2, 0.25) is 0 Å². The van der Waals surface area contributed by atoms with Gasteiger partial charge in [0.2, 0.25) is 0 Å². The van der Waals surface area contributed by atoms with E-state index in [1.54, 1.807) is 18.2 Å². The van der Waals surface area contributed by atoms with Gasteiger partial charge < -0.3 is 15.1 Å². The van der Waals surface area contributed by atoms with Gasteiger partial charge in [-0.1, -0.05) is 12.1 Å². The largest absolute Gasteiger partial charge is 0.478 e. The van der Waals surface area contributed by atoms with Crippen LogP contribution in [0.4, 0.5) is 5.69 Å². The summed E-state index contributed by atoms with van der Waals surface area (Å²) in [5, 5.41) is 19.5. The Labute approximate surface area is 121 Å². The van der Waals surface area contributed by atoms with Crippen molar-refractivity contribution >= 4 is 28.4 Å². The van der Waals surface area contributed by atoms with Gasteiger partial charge >= 0.3 is 11.9 Å². The van der Waals surface area contributed by atoms with Crippen LogP contribution in [0.15, 0.2) is 30.3 Å². The number of nitrogens with two attached hydrogens (primary N) is 2. The van der Waals surface area contributed by atoms with E-state index in [4.69, 9.17) is 5.11 Å². The highest BCUT2D eigenvalue weighted by Gasteiger charge is 2.19. The molecule has 0 unspecified atom stereocenters. The van der Waals surface area contributed by atoms with Crippen molar-refractivity contribution in [3.05, 3.63) is 41.5 Å². The molecule has 7 heteroatoms. The lowest BCUT2D eigenvalue weighted by molar-refractivity contribution is 0.0653. The van der Waals surface area contributed by atoms with E-state index in [9.17, 15) is 14.7 Å². The molecule has 7 nitrogen and oxygen atoms in total. The Kier molecular flexibility index (Phi) is 5.23. The van der Waals surface area contributed by atoms with Gasteiger partial charge in [-0.05, 0) is 29.0 Å². The third-order valence-corrected chi connectivity index (χ3v) is 2.97. The maximum absolute atomic E-state index is 11.3. The molecule has 0 saturated heterocycles. The van der Waals surface area contributed by atoms with Crippen molar-refractivity contribution < 1.29 is 19.8 Å². The molecule has 6 N–H and O–H groups in total. The third-order valence-electron chi connectivity index (χ3n) is 2.97. The Morgan fingerprint density at radius 1 is 1.00 bits per heavy atom. The number of carboxylic acids is 2. The number of aromatic carboxylic acids is 2. The van der Waals surface area contributed by atoms with Gasteiger partial charge in [0.1, 0.15) is 0 Å². The van der Waals surface area contributed by atoms with Gasteiger partial charge in [-0.25, -0.2) is 9.59 Å². The van der Waals surface area contributed by atoms with Crippen LogP contribution >= 0.6 is 0 Å². The zero-order chi connectivity index (χ0) is 16.2. The second kappa shape index (κ2) is 6.69. The molecule has 0 fully saturated rings. The molecule has 0 aromatic heterocycles. The molecule has 0 atom stereocenters. The summed E-state index contributed by atoms with van der Waals surface area (Å²) in [6, 6.07) is 8.26. The molecule has 21 heavy (non-hydrogen) atoms. The lowest BCUT2D eigenvalue weighted by Crippen LogP contribution is -2.11. The van der Waals surface area contributed by atoms with E-state index >= 15 is 0 Å². The van der Waals surface area contributed by atoms with Crippen molar-refractivity contribution in [3.8, 4) is 0 Å². The van der Waals surface area contributed by atoms with Crippen LogP contribution in [-0.4, -0.2) is 36.2 Å². The van der Waals surface area contributed by atoms with Gasteiger partial charge in [-0.2, -0.15) is 0 Å².